The van der Waals surface area contributed by atoms with E-state index in [1.807, 2.05) is 4.68 Å². The van der Waals surface area contributed by atoms with E-state index in [1.54, 1.807) is 0 Å². The third-order valence-corrected chi connectivity index (χ3v) is 16.1. The molecule has 0 spiro atoms. The number of aliphatic carboxylic acids is 1. The molecule has 4 fully saturated rings. The van der Waals surface area contributed by atoms with Crippen molar-refractivity contribution in [3.8, 4) is 0 Å². The summed E-state index contributed by atoms with van der Waals surface area (Å²) in [5.41, 5.74) is 6.51. The van der Waals surface area contributed by atoms with Crippen LogP contribution in [0, 0.1) is 62.6 Å². The topological polar surface area (TPSA) is 112 Å². The largest absolute Gasteiger partial charge is 0.481 e. The van der Waals surface area contributed by atoms with Crippen LogP contribution in [0.3, 0.4) is 0 Å². The smallest absolute Gasteiger partial charge is 0.307 e. The Labute approximate surface area is 288 Å². The van der Waals surface area contributed by atoms with Crippen LogP contribution >= 0.6 is 11.6 Å². The van der Waals surface area contributed by atoms with Gasteiger partial charge in [-0.25, -0.2) is 9.67 Å². The SMILES string of the molecule is CC(C)[C@@H](C)[C@@]1(C)CC[C@]2(C)[C@H]3CC[C@@H]4[C@@]5(COC[C@]4(C)[C@@H](OC[C@](C)(N)C(C)C)[C@H](n4ncnc4Cl)C5)C3=CC[C@@]2(C)[C@@H]1C(=O)O. The van der Waals surface area contributed by atoms with Crippen LogP contribution in [0.15, 0.2) is 18.0 Å². The van der Waals surface area contributed by atoms with Gasteiger partial charge in [0.2, 0.25) is 5.28 Å². The molecule has 8 nitrogen and oxygen atoms in total. The van der Waals surface area contributed by atoms with Gasteiger partial charge in [0.05, 0.1) is 37.9 Å². The van der Waals surface area contributed by atoms with Gasteiger partial charge in [-0.15, -0.1) is 0 Å². The van der Waals surface area contributed by atoms with Crippen LogP contribution in [0.2, 0.25) is 5.28 Å². The van der Waals surface area contributed by atoms with Gasteiger partial charge in [0.25, 0.3) is 0 Å². The molecule has 2 heterocycles. The van der Waals surface area contributed by atoms with Crippen molar-refractivity contribution in [3.05, 3.63) is 23.3 Å². The summed E-state index contributed by atoms with van der Waals surface area (Å²) in [7, 11) is 0. The van der Waals surface area contributed by atoms with E-state index in [-0.39, 0.29) is 45.1 Å². The predicted molar refractivity (Wildman–Crippen MR) is 185 cm³/mol. The highest BCUT2D eigenvalue weighted by molar-refractivity contribution is 6.28. The minimum absolute atomic E-state index is 0.132. The van der Waals surface area contributed by atoms with Crippen LogP contribution in [0.1, 0.15) is 114 Å². The first-order valence-corrected chi connectivity index (χ1v) is 18.6. The molecule has 6 rings (SSSR count). The molecule has 5 aliphatic rings. The van der Waals surface area contributed by atoms with Crippen molar-refractivity contribution >= 4 is 17.6 Å². The van der Waals surface area contributed by atoms with Crippen LogP contribution < -0.4 is 5.73 Å². The Kier molecular flexibility index (Phi) is 8.67. The number of allylic oxidation sites excluding steroid dienone is 1. The van der Waals surface area contributed by atoms with Gasteiger partial charge in [-0.3, -0.25) is 4.79 Å². The second-order valence-electron chi connectivity index (χ2n) is 18.5. The number of carboxylic acid groups (broad SMARTS) is 1. The highest BCUT2D eigenvalue weighted by Crippen LogP contribution is 2.75. The van der Waals surface area contributed by atoms with E-state index < -0.39 is 17.4 Å². The number of nitrogens with two attached hydrogens (primary N) is 1. The molecule has 0 aromatic carbocycles. The summed E-state index contributed by atoms with van der Waals surface area (Å²) in [6.07, 6.45) is 9.49. The summed E-state index contributed by atoms with van der Waals surface area (Å²) in [6, 6.07) is -0.132. The van der Waals surface area contributed by atoms with E-state index in [9.17, 15) is 9.90 Å². The maximum atomic E-state index is 13.4. The molecule has 0 unspecified atom stereocenters. The zero-order valence-corrected chi connectivity index (χ0v) is 31.4. The number of nitrogens with zero attached hydrogens (tertiary/aromatic N) is 3. The Morgan fingerprint density at radius 3 is 2.45 bits per heavy atom. The van der Waals surface area contributed by atoms with Crippen molar-refractivity contribution in [2.24, 2.45) is 68.3 Å². The number of rotatable bonds is 8. The molecule has 1 aromatic rings. The van der Waals surface area contributed by atoms with Crippen LogP contribution in [-0.2, 0) is 14.3 Å². The van der Waals surface area contributed by atoms with Crippen molar-refractivity contribution in [3.63, 3.8) is 0 Å². The number of halogens is 1. The molecular weight excluding hydrogens is 612 g/mol. The first kappa shape index (κ1) is 35.3. The number of fused-ring (bicyclic) bond motifs is 3. The summed E-state index contributed by atoms with van der Waals surface area (Å²) < 4.78 is 15.5. The van der Waals surface area contributed by atoms with Gasteiger partial charge in [-0.05, 0) is 103 Å². The van der Waals surface area contributed by atoms with E-state index in [4.69, 9.17) is 26.8 Å². The zero-order chi connectivity index (χ0) is 34.5. The molecule has 0 radical (unpaired) electrons. The molecule has 2 bridgehead atoms. The lowest BCUT2D eigenvalue weighted by atomic mass is 9.34. The average Bonchev–Trinajstić information content (AvgIpc) is 3.41. The first-order valence-electron chi connectivity index (χ1n) is 18.3. The standard InChI is InChI=1S/C38H61ClN4O4/c1-22(2)24(5)33(6)15-16-35(8)25-11-12-28-34(7)18-46-20-38(28,26(25)13-14-36(35,9)29(33)31(44)45)17-27(43-32(39)41-21-42-43)30(34)47-19-37(10,40)23(3)4/h13,21-25,27-30H,11-12,14-20,40H2,1-10H3,(H,44,45)/t24-,25+,27-,28+,29-,30+,33-,34+,35-,36+,37+,38+/m1/s1. The number of ether oxygens (including phenoxy) is 2. The van der Waals surface area contributed by atoms with E-state index in [1.165, 1.54) is 11.9 Å². The van der Waals surface area contributed by atoms with E-state index in [0.717, 1.165) is 38.5 Å². The van der Waals surface area contributed by atoms with E-state index in [0.29, 0.717) is 48.8 Å². The number of hydrogen-bond donors (Lipinski definition) is 2. The van der Waals surface area contributed by atoms with Crippen molar-refractivity contribution in [2.75, 3.05) is 19.8 Å². The second kappa shape index (κ2) is 11.5. The van der Waals surface area contributed by atoms with Crippen LogP contribution in [0.25, 0.3) is 0 Å². The Hall–Kier alpha value is -1.48. The fourth-order valence-electron chi connectivity index (χ4n) is 12.0. The molecule has 12 atom stereocenters. The highest BCUT2D eigenvalue weighted by atomic mass is 35.5. The monoisotopic (exact) mass is 672 g/mol. The summed E-state index contributed by atoms with van der Waals surface area (Å²) in [5, 5.41) is 16.1. The van der Waals surface area contributed by atoms with Crippen LogP contribution in [-0.4, -0.2) is 57.3 Å². The molecular formula is C38H61ClN4O4. The Balaban J connectivity index is 1.45. The van der Waals surface area contributed by atoms with Gasteiger partial charge in [0.15, 0.2) is 0 Å². The molecule has 0 amide bonds. The quantitative estimate of drug-likeness (QED) is 0.271. The lowest BCUT2D eigenvalue weighted by molar-refractivity contribution is -0.252. The maximum Gasteiger partial charge on any atom is 0.307 e. The van der Waals surface area contributed by atoms with Crippen LogP contribution in [0.4, 0.5) is 0 Å². The molecule has 3 N–H and O–H groups in total. The van der Waals surface area contributed by atoms with Gasteiger partial charge < -0.3 is 20.3 Å². The summed E-state index contributed by atoms with van der Waals surface area (Å²) >= 11 is 6.75. The molecule has 9 heteroatoms. The Morgan fingerprint density at radius 2 is 1.85 bits per heavy atom. The molecule has 47 heavy (non-hydrogen) atoms. The molecule has 3 saturated carbocycles. The third kappa shape index (κ3) is 4.87. The predicted octanol–water partition coefficient (Wildman–Crippen LogP) is 7.82. The summed E-state index contributed by atoms with van der Waals surface area (Å²) in [6.45, 7) is 24.2. The molecule has 264 valence electrons. The van der Waals surface area contributed by atoms with Crippen LogP contribution in [0.5, 0.6) is 0 Å². The Morgan fingerprint density at radius 1 is 1.15 bits per heavy atom. The fourth-order valence-corrected chi connectivity index (χ4v) is 12.2. The van der Waals surface area contributed by atoms with Crippen molar-refractivity contribution in [2.45, 2.75) is 125 Å². The lowest BCUT2D eigenvalue weighted by Gasteiger charge is -2.71. The van der Waals surface area contributed by atoms with Crippen molar-refractivity contribution in [1.82, 2.24) is 14.8 Å². The minimum Gasteiger partial charge on any atom is -0.481 e. The number of carbonyl (C=O) groups is 1. The number of carboxylic acids is 1. The molecule has 1 aromatic heterocycles. The molecule has 1 aliphatic heterocycles. The fraction of sp³-hybridized carbons (Fsp3) is 0.868. The number of aromatic nitrogens is 3. The van der Waals surface area contributed by atoms with E-state index >= 15 is 0 Å². The highest BCUT2D eigenvalue weighted by Gasteiger charge is 2.72. The third-order valence-electron chi connectivity index (χ3n) is 15.8. The maximum absolute atomic E-state index is 13.4. The van der Waals surface area contributed by atoms with Crippen molar-refractivity contribution < 1.29 is 19.4 Å². The van der Waals surface area contributed by atoms with Gasteiger partial charge in [0.1, 0.15) is 6.33 Å². The summed E-state index contributed by atoms with van der Waals surface area (Å²) in [4.78, 5) is 17.8. The average molecular weight is 673 g/mol. The first-order chi connectivity index (χ1) is 21.8. The van der Waals surface area contributed by atoms with Crippen molar-refractivity contribution in [1.29, 1.82) is 0 Å². The Bertz CT molecular complexity index is 1410. The van der Waals surface area contributed by atoms with Gasteiger partial charge in [0, 0.05) is 16.4 Å². The number of hydrogen-bond acceptors (Lipinski definition) is 6. The zero-order valence-electron chi connectivity index (χ0n) is 30.6. The molecule has 1 saturated heterocycles. The normalized spacial score (nSPS) is 45.0. The second-order valence-corrected chi connectivity index (χ2v) is 18.8. The van der Waals surface area contributed by atoms with E-state index in [2.05, 4.69) is 85.4 Å². The lowest BCUT2D eigenvalue weighted by Crippen LogP contribution is -2.69. The van der Waals surface area contributed by atoms with Gasteiger partial charge in [-0.1, -0.05) is 74.0 Å². The minimum atomic E-state index is -0.627. The summed E-state index contributed by atoms with van der Waals surface area (Å²) in [5.74, 6) is 0.597. The van der Waals surface area contributed by atoms with Gasteiger partial charge >= 0.3 is 5.97 Å². The van der Waals surface area contributed by atoms with Gasteiger partial charge in [-0.2, -0.15) is 5.10 Å². The molecule has 4 aliphatic carbocycles.